The molecule has 0 spiro atoms. The number of aliphatic carboxylic acids is 1. The average molecular weight is 214 g/mol. The predicted octanol–water partition coefficient (Wildman–Crippen LogP) is -0.961. The van der Waals surface area contributed by atoms with E-state index in [-0.39, 0.29) is 18.4 Å². The Kier molecular flexibility index (Phi) is 3.09. The van der Waals surface area contributed by atoms with Gasteiger partial charge in [0.25, 0.3) is 0 Å². The zero-order valence-corrected chi connectivity index (χ0v) is 8.64. The molecular formula is C9H14N2O4. The van der Waals surface area contributed by atoms with Gasteiger partial charge < -0.3 is 10.8 Å². The topological polar surface area (TPSA) is 101 Å². The van der Waals surface area contributed by atoms with Crippen molar-refractivity contribution in [3.63, 3.8) is 0 Å². The maximum absolute atomic E-state index is 11.5. The van der Waals surface area contributed by atoms with E-state index >= 15 is 0 Å². The maximum atomic E-state index is 11.5. The van der Waals surface area contributed by atoms with Gasteiger partial charge in [-0.15, -0.1) is 0 Å². The van der Waals surface area contributed by atoms with Gasteiger partial charge in [0.1, 0.15) is 6.04 Å². The summed E-state index contributed by atoms with van der Waals surface area (Å²) in [6.07, 6.45) is 0. The Labute approximate surface area is 87.0 Å². The summed E-state index contributed by atoms with van der Waals surface area (Å²) < 4.78 is 0. The van der Waals surface area contributed by atoms with Crippen LogP contribution >= 0.6 is 0 Å². The Morgan fingerprint density at radius 2 is 1.80 bits per heavy atom. The second-order valence-electron chi connectivity index (χ2n) is 3.81. The fourth-order valence-corrected chi connectivity index (χ4v) is 1.48. The van der Waals surface area contributed by atoms with Gasteiger partial charge in [0, 0.05) is 11.8 Å². The molecule has 1 rings (SSSR count). The summed E-state index contributed by atoms with van der Waals surface area (Å²) in [5.41, 5.74) is 5.27. The minimum absolute atomic E-state index is 0.248. The number of imide groups is 1. The molecule has 1 aliphatic rings. The number of hydrogen-bond acceptors (Lipinski definition) is 4. The number of carbonyl (C=O) groups excluding carboxylic acids is 2. The van der Waals surface area contributed by atoms with E-state index in [0.717, 1.165) is 4.90 Å². The second kappa shape index (κ2) is 3.98. The molecule has 0 saturated carbocycles. The molecule has 3 unspecified atom stereocenters. The third-order valence-electron chi connectivity index (χ3n) is 2.76. The Morgan fingerprint density at radius 1 is 1.40 bits per heavy atom. The Hall–Kier alpha value is -1.43. The predicted molar refractivity (Wildman–Crippen MR) is 50.7 cm³/mol. The van der Waals surface area contributed by atoms with Crippen LogP contribution in [-0.2, 0) is 14.4 Å². The van der Waals surface area contributed by atoms with Crippen LogP contribution in [0.2, 0.25) is 0 Å². The molecule has 1 fully saturated rings. The highest BCUT2D eigenvalue weighted by molar-refractivity contribution is 6.05. The standard InChI is InChI=1S/C9H14N2O4/c1-4-5(2)8(13)11(7(4)12)3-6(10)9(14)15/h4-6H,3,10H2,1-2H3,(H,14,15). The van der Waals surface area contributed by atoms with Crippen molar-refractivity contribution < 1.29 is 19.5 Å². The molecule has 15 heavy (non-hydrogen) atoms. The number of carboxylic acid groups (broad SMARTS) is 1. The van der Waals surface area contributed by atoms with Gasteiger partial charge in [0.15, 0.2) is 0 Å². The molecular weight excluding hydrogens is 200 g/mol. The molecule has 2 amide bonds. The lowest BCUT2D eigenvalue weighted by Crippen LogP contribution is -2.45. The summed E-state index contributed by atoms with van der Waals surface area (Å²) in [6, 6.07) is -1.21. The fraction of sp³-hybridized carbons (Fsp3) is 0.667. The van der Waals surface area contributed by atoms with Crippen LogP contribution in [0.5, 0.6) is 0 Å². The summed E-state index contributed by atoms with van der Waals surface area (Å²) in [6.45, 7) is 3.05. The second-order valence-corrected chi connectivity index (χ2v) is 3.81. The fourth-order valence-electron chi connectivity index (χ4n) is 1.48. The number of likely N-dealkylation sites (tertiary alicyclic amines) is 1. The Bertz CT molecular complexity index is 295. The van der Waals surface area contributed by atoms with Crippen molar-refractivity contribution >= 4 is 17.8 Å². The Balaban J connectivity index is 2.75. The van der Waals surface area contributed by atoms with Gasteiger partial charge in [-0.2, -0.15) is 0 Å². The molecule has 1 saturated heterocycles. The van der Waals surface area contributed by atoms with Crippen LogP contribution in [0.4, 0.5) is 0 Å². The normalized spacial score (nSPS) is 28.3. The zero-order chi connectivity index (χ0) is 11.7. The highest BCUT2D eigenvalue weighted by Gasteiger charge is 2.43. The number of nitrogens with two attached hydrogens (primary N) is 1. The molecule has 0 aromatic heterocycles. The van der Waals surface area contributed by atoms with E-state index in [1.807, 2.05) is 0 Å². The molecule has 0 aromatic rings. The molecule has 3 atom stereocenters. The summed E-state index contributed by atoms with van der Waals surface area (Å²) >= 11 is 0. The van der Waals surface area contributed by atoms with Gasteiger partial charge in [0.2, 0.25) is 11.8 Å². The lowest BCUT2D eigenvalue weighted by Gasteiger charge is -2.16. The van der Waals surface area contributed by atoms with Gasteiger partial charge in [-0.25, -0.2) is 0 Å². The first-order valence-corrected chi connectivity index (χ1v) is 4.70. The lowest BCUT2D eigenvalue weighted by atomic mass is 10.00. The molecule has 0 bridgehead atoms. The molecule has 0 aliphatic carbocycles. The molecule has 1 heterocycles. The SMILES string of the molecule is CC1C(=O)N(CC(N)C(=O)O)C(=O)C1C. The highest BCUT2D eigenvalue weighted by Crippen LogP contribution is 2.25. The highest BCUT2D eigenvalue weighted by atomic mass is 16.4. The summed E-state index contributed by atoms with van der Waals surface area (Å²) in [7, 11) is 0. The van der Waals surface area contributed by atoms with Crippen molar-refractivity contribution in [2.75, 3.05) is 6.54 Å². The van der Waals surface area contributed by atoms with Crippen molar-refractivity contribution in [1.82, 2.24) is 4.90 Å². The molecule has 84 valence electrons. The molecule has 0 radical (unpaired) electrons. The van der Waals surface area contributed by atoms with E-state index < -0.39 is 23.8 Å². The monoisotopic (exact) mass is 214 g/mol. The van der Waals surface area contributed by atoms with E-state index in [9.17, 15) is 14.4 Å². The van der Waals surface area contributed by atoms with Gasteiger partial charge >= 0.3 is 5.97 Å². The average Bonchev–Trinajstić information content (AvgIpc) is 2.35. The number of carboxylic acids is 1. The third kappa shape index (κ3) is 1.99. The van der Waals surface area contributed by atoms with Crippen LogP contribution in [0.15, 0.2) is 0 Å². The number of nitrogens with zero attached hydrogens (tertiary/aromatic N) is 1. The minimum Gasteiger partial charge on any atom is -0.480 e. The first kappa shape index (κ1) is 11.6. The summed E-state index contributed by atoms with van der Waals surface area (Å²) in [5.74, 6) is -2.69. The molecule has 6 heteroatoms. The molecule has 1 aliphatic heterocycles. The van der Waals surface area contributed by atoms with E-state index in [2.05, 4.69) is 0 Å². The lowest BCUT2D eigenvalue weighted by molar-refractivity contribution is -0.143. The van der Waals surface area contributed by atoms with E-state index in [1.54, 1.807) is 13.8 Å². The van der Waals surface area contributed by atoms with Crippen LogP contribution in [-0.4, -0.2) is 40.4 Å². The van der Waals surface area contributed by atoms with Gasteiger partial charge in [-0.3, -0.25) is 19.3 Å². The van der Waals surface area contributed by atoms with Gasteiger partial charge in [-0.1, -0.05) is 13.8 Å². The van der Waals surface area contributed by atoms with Gasteiger partial charge in [-0.05, 0) is 0 Å². The maximum Gasteiger partial charge on any atom is 0.322 e. The molecule has 6 nitrogen and oxygen atoms in total. The van der Waals surface area contributed by atoms with E-state index in [0.29, 0.717) is 0 Å². The smallest absolute Gasteiger partial charge is 0.322 e. The first-order chi connectivity index (χ1) is 6.86. The van der Waals surface area contributed by atoms with Crippen molar-refractivity contribution in [1.29, 1.82) is 0 Å². The number of rotatable bonds is 3. The third-order valence-corrected chi connectivity index (χ3v) is 2.76. The van der Waals surface area contributed by atoms with Crippen LogP contribution < -0.4 is 5.73 Å². The van der Waals surface area contributed by atoms with E-state index in [4.69, 9.17) is 10.8 Å². The quantitative estimate of drug-likeness (QED) is 0.589. The van der Waals surface area contributed by atoms with Crippen molar-refractivity contribution in [2.45, 2.75) is 19.9 Å². The molecule has 0 aromatic carbocycles. The van der Waals surface area contributed by atoms with Crippen LogP contribution in [0.25, 0.3) is 0 Å². The minimum atomic E-state index is -1.22. The largest absolute Gasteiger partial charge is 0.480 e. The summed E-state index contributed by atoms with van der Waals surface area (Å²) in [4.78, 5) is 34.5. The number of carbonyl (C=O) groups is 3. The molecule has 3 N–H and O–H groups in total. The van der Waals surface area contributed by atoms with Crippen LogP contribution in [0, 0.1) is 11.8 Å². The van der Waals surface area contributed by atoms with E-state index in [1.165, 1.54) is 0 Å². The number of amides is 2. The van der Waals surface area contributed by atoms with Crippen LogP contribution in [0.3, 0.4) is 0 Å². The first-order valence-electron chi connectivity index (χ1n) is 4.70. The van der Waals surface area contributed by atoms with Crippen molar-refractivity contribution in [3.05, 3.63) is 0 Å². The van der Waals surface area contributed by atoms with Gasteiger partial charge in [0.05, 0.1) is 6.54 Å². The van der Waals surface area contributed by atoms with Crippen LogP contribution in [0.1, 0.15) is 13.8 Å². The Morgan fingerprint density at radius 3 is 2.13 bits per heavy atom. The summed E-state index contributed by atoms with van der Waals surface area (Å²) in [5, 5.41) is 8.57. The van der Waals surface area contributed by atoms with Crippen molar-refractivity contribution in [2.24, 2.45) is 17.6 Å². The zero-order valence-electron chi connectivity index (χ0n) is 8.64. The number of hydrogen-bond donors (Lipinski definition) is 2. The van der Waals surface area contributed by atoms with Crippen molar-refractivity contribution in [3.8, 4) is 0 Å².